The fraction of sp³-hybridized carbons (Fsp3) is 0.562. The summed E-state index contributed by atoms with van der Waals surface area (Å²) in [6, 6.07) is 1.96. The molecule has 0 aliphatic heterocycles. The lowest BCUT2D eigenvalue weighted by Gasteiger charge is -2.26. The van der Waals surface area contributed by atoms with Gasteiger partial charge in [-0.2, -0.15) is 0 Å². The lowest BCUT2D eigenvalue weighted by Crippen LogP contribution is -2.37. The summed E-state index contributed by atoms with van der Waals surface area (Å²) in [6.07, 6.45) is 3.61. The summed E-state index contributed by atoms with van der Waals surface area (Å²) < 4.78 is 1.79. The molecule has 0 spiro atoms. The number of pyridine rings is 1. The van der Waals surface area contributed by atoms with Gasteiger partial charge in [-0.1, -0.05) is 13.8 Å². The minimum atomic E-state index is -1.07. The Balaban J connectivity index is 2.80. The SMILES string of the molecule is CCC(CC)c1nc2cc(C)cnc2n1C(C)(C)C(=O)O. The summed E-state index contributed by atoms with van der Waals surface area (Å²) in [6.45, 7) is 9.56. The molecule has 0 aromatic carbocycles. The standard InChI is InChI=1S/C16H23N3O2/c1-6-11(7-2)13-18-12-8-10(3)9-17-14(12)19(13)16(4,5)15(20)21/h8-9,11H,6-7H2,1-5H3,(H,20,21). The quantitative estimate of drug-likeness (QED) is 0.915. The first kappa shape index (κ1) is 15.5. The van der Waals surface area contributed by atoms with Crippen LogP contribution < -0.4 is 0 Å². The van der Waals surface area contributed by atoms with E-state index >= 15 is 0 Å². The molecular formula is C16H23N3O2. The van der Waals surface area contributed by atoms with Crippen molar-refractivity contribution >= 4 is 17.1 Å². The zero-order valence-corrected chi connectivity index (χ0v) is 13.3. The Bertz CT molecular complexity index is 669. The van der Waals surface area contributed by atoms with Crippen LogP contribution in [-0.4, -0.2) is 25.6 Å². The van der Waals surface area contributed by atoms with Gasteiger partial charge in [0.1, 0.15) is 16.9 Å². The Hall–Kier alpha value is -1.91. The highest BCUT2D eigenvalue weighted by Crippen LogP contribution is 2.31. The Labute approximate surface area is 125 Å². The number of aliphatic carboxylic acids is 1. The van der Waals surface area contributed by atoms with Gasteiger partial charge in [0.15, 0.2) is 5.65 Å². The van der Waals surface area contributed by atoms with Crippen molar-refractivity contribution in [1.82, 2.24) is 14.5 Å². The van der Waals surface area contributed by atoms with Crippen LogP contribution in [0.1, 0.15) is 57.8 Å². The summed E-state index contributed by atoms with van der Waals surface area (Å²) >= 11 is 0. The molecule has 114 valence electrons. The largest absolute Gasteiger partial charge is 0.480 e. The van der Waals surface area contributed by atoms with Gasteiger partial charge in [-0.25, -0.2) is 14.8 Å². The van der Waals surface area contributed by atoms with Crippen molar-refractivity contribution < 1.29 is 9.90 Å². The van der Waals surface area contributed by atoms with Crippen molar-refractivity contribution in [3.05, 3.63) is 23.7 Å². The lowest BCUT2D eigenvalue weighted by atomic mass is 9.99. The molecule has 21 heavy (non-hydrogen) atoms. The first-order valence-corrected chi connectivity index (χ1v) is 7.41. The van der Waals surface area contributed by atoms with Gasteiger partial charge in [-0.05, 0) is 45.2 Å². The van der Waals surface area contributed by atoms with Gasteiger partial charge in [0, 0.05) is 12.1 Å². The van der Waals surface area contributed by atoms with Crippen molar-refractivity contribution in [3.8, 4) is 0 Å². The van der Waals surface area contributed by atoms with Gasteiger partial charge in [-0.15, -0.1) is 0 Å². The van der Waals surface area contributed by atoms with Gasteiger partial charge in [-0.3, -0.25) is 4.57 Å². The Morgan fingerprint density at radius 1 is 1.38 bits per heavy atom. The molecule has 0 fully saturated rings. The number of imidazole rings is 1. The zero-order valence-electron chi connectivity index (χ0n) is 13.3. The van der Waals surface area contributed by atoms with Crippen molar-refractivity contribution in [3.63, 3.8) is 0 Å². The van der Waals surface area contributed by atoms with E-state index in [1.807, 2.05) is 13.0 Å². The molecule has 5 heteroatoms. The van der Waals surface area contributed by atoms with Crippen LogP contribution in [0.25, 0.3) is 11.2 Å². The maximum Gasteiger partial charge on any atom is 0.329 e. The third kappa shape index (κ3) is 2.52. The number of nitrogens with zero attached hydrogens (tertiary/aromatic N) is 3. The number of aryl methyl sites for hydroxylation is 1. The van der Waals surface area contributed by atoms with Gasteiger partial charge < -0.3 is 5.11 Å². The molecule has 2 heterocycles. The second-order valence-corrected chi connectivity index (χ2v) is 6.04. The fourth-order valence-electron chi connectivity index (χ4n) is 2.66. The summed E-state index contributed by atoms with van der Waals surface area (Å²) in [7, 11) is 0. The number of carboxylic acid groups (broad SMARTS) is 1. The second kappa shape index (κ2) is 5.47. The number of hydrogen-bond donors (Lipinski definition) is 1. The molecule has 0 saturated carbocycles. The molecule has 0 saturated heterocycles. The lowest BCUT2D eigenvalue weighted by molar-refractivity contribution is -0.145. The minimum absolute atomic E-state index is 0.234. The molecular weight excluding hydrogens is 266 g/mol. The summed E-state index contributed by atoms with van der Waals surface area (Å²) in [4.78, 5) is 20.8. The number of carbonyl (C=O) groups is 1. The molecule has 2 aromatic heterocycles. The normalized spacial score (nSPS) is 12.3. The predicted octanol–water partition coefficient (Wildman–Crippen LogP) is 3.46. The number of carboxylic acids is 1. The molecule has 5 nitrogen and oxygen atoms in total. The molecule has 1 N–H and O–H groups in total. The Kier molecular flexibility index (Phi) is 4.03. The van der Waals surface area contributed by atoms with Gasteiger partial charge in [0.05, 0.1) is 0 Å². The predicted molar refractivity (Wildman–Crippen MR) is 82.5 cm³/mol. The van der Waals surface area contributed by atoms with E-state index in [1.54, 1.807) is 24.6 Å². The van der Waals surface area contributed by atoms with E-state index in [2.05, 4.69) is 18.8 Å². The number of rotatable bonds is 5. The minimum Gasteiger partial charge on any atom is -0.480 e. The van der Waals surface area contributed by atoms with Crippen LogP contribution >= 0.6 is 0 Å². The van der Waals surface area contributed by atoms with Crippen LogP contribution in [0.4, 0.5) is 0 Å². The fourth-order valence-corrected chi connectivity index (χ4v) is 2.66. The van der Waals surface area contributed by atoms with Crippen LogP contribution in [0.2, 0.25) is 0 Å². The topological polar surface area (TPSA) is 68.0 Å². The maximum atomic E-state index is 11.7. The molecule has 2 rings (SSSR count). The summed E-state index contributed by atoms with van der Waals surface area (Å²) in [5.74, 6) is 0.176. The third-order valence-corrected chi connectivity index (χ3v) is 4.09. The van der Waals surface area contributed by atoms with Crippen LogP contribution in [-0.2, 0) is 10.3 Å². The summed E-state index contributed by atoms with van der Waals surface area (Å²) in [5.41, 5.74) is 1.37. The summed E-state index contributed by atoms with van der Waals surface area (Å²) in [5, 5.41) is 9.60. The van der Waals surface area contributed by atoms with Gasteiger partial charge in [0.25, 0.3) is 0 Å². The van der Waals surface area contributed by atoms with Crippen molar-refractivity contribution in [2.75, 3.05) is 0 Å². The second-order valence-electron chi connectivity index (χ2n) is 6.04. The molecule has 2 aromatic rings. The maximum absolute atomic E-state index is 11.7. The average molecular weight is 289 g/mol. The van der Waals surface area contributed by atoms with E-state index in [0.717, 1.165) is 29.7 Å². The highest BCUT2D eigenvalue weighted by Gasteiger charge is 2.35. The molecule has 0 bridgehead atoms. The number of aromatic nitrogens is 3. The van der Waals surface area contributed by atoms with E-state index in [9.17, 15) is 9.90 Å². The molecule has 0 radical (unpaired) electrons. The van der Waals surface area contributed by atoms with E-state index in [4.69, 9.17) is 4.98 Å². The first-order chi connectivity index (χ1) is 9.82. The zero-order chi connectivity index (χ0) is 15.8. The van der Waals surface area contributed by atoms with Gasteiger partial charge >= 0.3 is 5.97 Å². The number of fused-ring (bicyclic) bond motifs is 1. The van der Waals surface area contributed by atoms with E-state index in [-0.39, 0.29) is 5.92 Å². The molecule has 0 aliphatic rings. The van der Waals surface area contributed by atoms with Crippen LogP contribution in [0.5, 0.6) is 0 Å². The first-order valence-electron chi connectivity index (χ1n) is 7.41. The highest BCUT2D eigenvalue weighted by molar-refractivity contribution is 5.80. The Morgan fingerprint density at radius 2 is 2.00 bits per heavy atom. The van der Waals surface area contributed by atoms with Crippen molar-refractivity contribution in [2.45, 2.75) is 58.9 Å². The van der Waals surface area contributed by atoms with E-state index < -0.39 is 11.5 Å². The van der Waals surface area contributed by atoms with E-state index in [0.29, 0.717) is 5.65 Å². The third-order valence-electron chi connectivity index (χ3n) is 4.09. The van der Waals surface area contributed by atoms with Crippen LogP contribution in [0.3, 0.4) is 0 Å². The smallest absolute Gasteiger partial charge is 0.329 e. The van der Waals surface area contributed by atoms with Crippen molar-refractivity contribution in [1.29, 1.82) is 0 Å². The van der Waals surface area contributed by atoms with Crippen LogP contribution in [0, 0.1) is 6.92 Å². The Morgan fingerprint density at radius 3 is 2.52 bits per heavy atom. The molecule has 0 unspecified atom stereocenters. The van der Waals surface area contributed by atoms with Gasteiger partial charge in [0.2, 0.25) is 0 Å². The molecule has 0 aliphatic carbocycles. The molecule has 0 amide bonds. The van der Waals surface area contributed by atoms with Crippen LogP contribution in [0.15, 0.2) is 12.3 Å². The monoisotopic (exact) mass is 289 g/mol. The van der Waals surface area contributed by atoms with E-state index in [1.165, 1.54) is 0 Å². The average Bonchev–Trinajstić information content (AvgIpc) is 2.78. The number of hydrogen-bond acceptors (Lipinski definition) is 3. The highest BCUT2D eigenvalue weighted by atomic mass is 16.4. The molecule has 0 atom stereocenters. The van der Waals surface area contributed by atoms with Crippen molar-refractivity contribution in [2.24, 2.45) is 0 Å².